The van der Waals surface area contributed by atoms with Crippen LogP contribution in [0.3, 0.4) is 0 Å². The van der Waals surface area contributed by atoms with Crippen LogP contribution in [0.2, 0.25) is 0 Å². The molecule has 1 aromatic rings. The summed E-state index contributed by atoms with van der Waals surface area (Å²) in [6.45, 7) is 3.05. The van der Waals surface area contributed by atoms with Crippen LogP contribution >= 0.6 is 0 Å². The average Bonchev–Trinajstić information content (AvgIpc) is 2.33. The molecule has 1 N–H and O–H groups in total. The highest BCUT2D eigenvalue weighted by Gasteiger charge is 2.37. The van der Waals surface area contributed by atoms with Crippen molar-refractivity contribution in [1.82, 2.24) is 0 Å². The van der Waals surface area contributed by atoms with Gasteiger partial charge in [-0.1, -0.05) is 0 Å². The van der Waals surface area contributed by atoms with Gasteiger partial charge in [0.1, 0.15) is 0 Å². The lowest BCUT2D eigenvalue weighted by atomic mass is 10.1. The Kier molecular flexibility index (Phi) is 4.68. The van der Waals surface area contributed by atoms with Crippen LogP contribution < -0.4 is 5.48 Å². The van der Waals surface area contributed by atoms with Gasteiger partial charge >= 0.3 is 17.6 Å². The molecule has 0 aliphatic heterocycles. The van der Waals surface area contributed by atoms with Crippen molar-refractivity contribution in [2.75, 3.05) is 5.48 Å². The molecule has 0 bridgehead atoms. The summed E-state index contributed by atoms with van der Waals surface area (Å²) in [4.78, 5) is 24.2. The molecule has 1 aromatic carbocycles. The molecule has 8 nitrogen and oxygen atoms in total. The third-order valence-electron chi connectivity index (χ3n) is 2.21. The first kappa shape index (κ1) is 16.6. The maximum Gasteiger partial charge on any atom is 0.416 e. The Hall–Kier alpha value is -2.43. The molecule has 0 atom stereocenters. The Morgan fingerprint density at radius 3 is 1.86 bits per heavy atom. The van der Waals surface area contributed by atoms with Gasteiger partial charge in [0.05, 0.1) is 21.5 Å². The van der Waals surface area contributed by atoms with Crippen LogP contribution in [0.15, 0.2) is 12.1 Å². The van der Waals surface area contributed by atoms with Crippen LogP contribution in [0, 0.1) is 20.2 Å². The number of hydrogen-bond donors (Lipinski definition) is 1. The summed E-state index contributed by atoms with van der Waals surface area (Å²) in [5, 5.41) is 21.7. The second kappa shape index (κ2) is 5.91. The Morgan fingerprint density at radius 1 is 1.14 bits per heavy atom. The molecule has 1 rings (SSSR count). The van der Waals surface area contributed by atoms with Gasteiger partial charge in [-0.3, -0.25) is 30.5 Å². The van der Waals surface area contributed by atoms with Crippen molar-refractivity contribution in [1.29, 1.82) is 0 Å². The lowest BCUT2D eigenvalue weighted by Crippen LogP contribution is -2.14. The van der Waals surface area contributed by atoms with Crippen molar-refractivity contribution in [2.45, 2.75) is 26.1 Å². The smallest absolute Gasteiger partial charge is 0.273 e. The van der Waals surface area contributed by atoms with E-state index in [0.717, 1.165) is 0 Å². The second-order valence-electron chi connectivity index (χ2n) is 4.17. The molecular formula is C10H10F3N3O5. The lowest BCUT2D eigenvalue weighted by Gasteiger charge is -2.12. The van der Waals surface area contributed by atoms with E-state index in [4.69, 9.17) is 4.84 Å². The van der Waals surface area contributed by atoms with E-state index in [1.54, 1.807) is 0 Å². The van der Waals surface area contributed by atoms with Crippen molar-refractivity contribution < 1.29 is 27.9 Å². The van der Waals surface area contributed by atoms with E-state index in [1.807, 2.05) is 5.48 Å². The number of nitro benzene ring substituents is 2. The van der Waals surface area contributed by atoms with Crippen molar-refractivity contribution in [3.63, 3.8) is 0 Å². The van der Waals surface area contributed by atoms with Crippen LogP contribution in [-0.2, 0) is 11.0 Å². The number of nitro groups is 2. The lowest BCUT2D eigenvalue weighted by molar-refractivity contribution is -0.393. The van der Waals surface area contributed by atoms with Gasteiger partial charge in [0.25, 0.3) is 0 Å². The van der Waals surface area contributed by atoms with Gasteiger partial charge in [-0.05, 0) is 13.8 Å². The number of anilines is 1. The van der Waals surface area contributed by atoms with E-state index < -0.39 is 44.8 Å². The summed E-state index contributed by atoms with van der Waals surface area (Å²) in [5.74, 6) is 0. The summed E-state index contributed by atoms with van der Waals surface area (Å²) in [6.07, 6.45) is -5.46. The van der Waals surface area contributed by atoms with Gasteiger partial charge in [-0.25, -0.2) is 0 Å². The number of nitrogens with zero attached hydrogens (tertiary/aromatic N) is 2. The molecule has 21 heavy (non-hydrogen) atoms. The average molecular weight is 309 g/mol. The number of alkyl halides is 3. The quantitative estimate of drug-likeness (QED) is 0.660. The molecule has 0 heterocycles. The largest absolute Gasteiger partial charge is 0.416 e. The zero-order valence-corrected chi connectivity index (χ0v) is 10.8. The summed E-state index contributed by atoms with van der Waals surface area (Å²) in [6, 6.07) is 0.415. The Morgan fingerprint density at radius 2 is 1.57 bits per heavy atom. The van der Waals surface area contributed by atoms with E-state index in [9.17, 15) is 33.4 Å². The zero-order valence-electron chi connectivity index (χ0n) is 10.8. The Balaban J connectivity index is 3.51. The molecule has 0 amide bonds. The molecule has 0 aliphatic rings. The molecule has 0 unspecified atom stereocenters. The fraction of sp³-hybridized carbons (Fsp3) is 0.400. The van der Waals surface area contributed by atoms with Gasteiger partial charge in [0.2, 0.25) is 5.69 Å². The molecule has 0 aliphatic carbocycles. The number of rotatable bonds is 5. The molecule has 11 heteroatoms. The first-order valence-electron chi connectivity index (χ1n) is 5.49. The minimum Gasteiger partial charge on any atom is -0.273 e. The third kappa shape index (κ3) is 4.02. The molecule has 0 saturated carbocycles. The highest BCUT2D eigenvalue weighted by atomic mass is 19.4. The maximum atomic E-state index is 12.6. The number of nitrogens with one attached hydrogen (secondary N) is 1. The first-order chi connectivity index (χ1) is 9.54. The van der Waals surface area contributed by atoms with E-state index in [1.165, 1.54) is 13.8 Å². The van der Waals surface area contributed by atoms with Gasteiger partial charge in [-0.2, -0.15) is 13.2 Å². The SMILES string of the molecule is CC(C)ONc1c([N+](=O)[O-])cc(C(F)(F)F)cc1[N+](=O)[O-]. The molecular weight excluding hydrogens is 299 g/mol. The summed E-state index contributed by atoms with van der Waals surface area (Å²) in [5.41, 5.74) is -2.46. The van der Waals surface area contributed by atoms with Crippen LogP contribution in [0.4, 0.5) is 30.2 Å². The number of hydrogen-bond acceptors (Lipinski definition) is 6. The standard InChI is InChI=1S/C10H10F3N3O5/c1-5(2)21-14-9-7(15(17)18)3-6(10(11,12)13)4-8(9)16(19)20/h3-5,14H,1-2H3. The summed E-state index contributed by atoms with van der Waals surface area (Å²) in [7, 11) is 0. The predicted octanol–water partition coefficient (Wildman–Crippen LogP) is 3.27. The highest BCUT2D eigenvalue weighted by Crippen LogP contribution is 2.41. The van der Waals surface area contributed by atoms with Crippen molar-refractivity contribution in [3.8, 4) is 0 Å². The molecule has 116 valence electrons. The van der Waals surface area contributed by atoms with Gasteiger partial charge in [0.15, 0.2) is 0 Å². The predicted molar refractivity (Wildman–Crippen MR) is 64.6 cm³/mol. The minimum atomic E-state index is -4.95. The molecule has 0 saturated heterocycles. The summed E-state index contributed by atoms with van der Waals surface area (Å²) < 4.78 is 37.9. The van der Waals surface area contributed by atoms with Gasteiger partial charge in [-0.15, -0.1) is 0 Å². The number of halogens is 3. The van der Waals surface area contributed by atoms with E-state index in [2.05, 4.69) is 0 Å². The van der Waals surface area contributed by atoms with E-state index >= 15 is 0 Å². The van der Waals surface area contributed by atoms with Crippen LogP contribution in [0.1, 0.15) is 19.4 Å². The van der Waals surface area contributed by atoms with Gasteiger partial charge < -0.3 is 0 Å². The van der Waals surface area contributed by atoms with E-state index in [0.29, 0.717) is 0 Å². The minimum absolute atomic E-state index is 0.207. The fourth-order valence-electron chi connectivity index (χ4n) is 1.34. The van der Waals surface area contributed by atoms with Crippen LogP contribution in [0.25, 0.3) is 0 Å². The number of benzene rings is 1. The highest BCUT2D eigenvalue weighted by molar-refractivity contribution is 5.74. The van der Waals surface area contributed by atoms with Crippen molar-refractivity contribution in [3.05, 3.63) is 37.9 Å². The Labute approximate surface area is 115 Å². The van der Waals surface area contributed by atoms with Crippen molar-refractivity contribution in [2.24, 2.45) is 0 Å². The normalized spacial score (nSPS) is 11.5. The second-order valence-corrected chi connectivity index (χ2v) is 4.17. The monoisotopic (exact) mass is 309 g/mol. The van der Waals surface area contributed by atoms with E-state index in [-0.39, 0.29) is 12.1 Å². The van der Waals surface area contributed by atoms with Crippen LogP contribution in [0.5, 0.6) is 0 Å². The topological polar surface area (TPSA) is 108 Å². The zero-order chi connectivity index (χ0) is 16.4. The molecule has 0 aromatic heterocycles. The maximum absolute atomic E-state index is 12.6. The van der Waals surface area contributed by atoms with Gasteiger partial charge in [0, 0.05) is 12.1 Å². The third-order valence-corrected chi connectivity index (χ3v) is 2.21. The fourth-order valence-corrected chi connectivity index (χ4v) is 1.34. The first-order valence-corrected chi connectivity index (χ1v) is 5.49. The molecule has 0 radical (unpaired) electrons. The van der Waals surface area contributed by atoms with Crippen LogP contribution in [-0.4, -0.2) is 16.0 Å². The Bertz CT molecular complexity index is 539. The van der Waals surface area contributed by atoms with Crippen molar-refractivity contribution >= 4 is 17.1 Å². The molecule has 0 spiro atoms. The molecule has 0 fully saturated rings. The summed E-state index contributed by atoms with van der Waals surface area (Å²) >= 11 is 0.